The Bertz CT molecular complexity index is 575. The van der Waals surface area contributed by atoms with Gasteiger partial charge in [0.1, 0.15) is 6.20 Å². The highest BCUT2D eigenvalue weighted by Crippen LogP contribution is 2.35. The molecule has 0 aromatic carbocycles. The van der Waals surface area contributed by atoms with Crippen LogP contribution in [0.4, 0.5) is 5.69 Å². The molecule has 5 nitrogen and oxygen atoms in total. The van der Waals surface area contributed by atoms with Crippen LogP contribution in [-0.2, 0) is 4.79 Å². The molecule has 0 fully saturated rings. The van der Waals surface area contributed by atoms with Gasteiger partial charge in [-0.1, -0.05) is 13.5 Å². The zero-order chi connectivity index (χ0) is 13.3. The van der Waals surface area contributed by atoms with E-state index in [1.807, 2.05) is 6.92 Å². The van der Waals surface area contributed by atoms with Crippen molar-refractivity contribution in [2.75, 3.05) is 0 Å². The van der Waals surface area contributed by atoms with Crippen molar-refractivity contribution in [3.8, 4) is 0 Å². The van der Waals surface area contributed by atoms with Crippen molar-refractivity contribution < 1.29 is 9.72 Å². The predicted octanol–water partition coefficient (Wildman–Crippen LogP) is 2.54. The van der Waals surface area contributed by atoms with E-state index in [9.17, 15) is 14.9 Å². The van der Waals surface area contributed by atoms with Crippen molar-refractivity contribution in [2.45, 2.75) is 13.3 Å². The second-order valence-corrected chi connectivity index (χ2v) is 4.31. The van der Waals surface area contributed by atoms with Crippen LogP contribution in [0.1, 0.15) is 18.9 Å². The minimum atomic E-state index is -0.484. The molecule has 1 atom stereocenters. The monoisotopic (exact) mass is 244 g/mol. The van der Waals surface area contributed by atoms with Crippen molar-refractivity contribution in [2.24, 2.45) is 5.92 Å². The van der Waals surface area contributed by atoms with Crippen LogP contribution in [0.5, 0.6) is 0 Å². The molecule has 92 valence electrons. The molecule has 0 aliphatic heterocycles. The highest BCUT2D eigenvalue weighted by molar-refractivity contribution is 6.10. The zero-order valence-electron chi connectivity index (χ0n) is 9.92. The fourth-order valence-corrected chi connectivity index (χ4v) is 2.00. The molecule has 0 bridgehead atoms. The SMILES string of the molecule is C=C1C(=O)C=C(c2ccncc2[N+](=O)[O-])CC1C. The molecule has 0 saturated heterocycles. The van der Waals surface area contributed by atoms with Crippen LogP contribution < -0.4 is 0 Å². The van der Waals surface area contributed by atoms with E-state index >= 15 is 0 Å². The summed E-state index contributed by atoms with van der Waals surface area (Å²) in [6.45, 7) is 5.61. The van der Waals surface area contributed by atoms with Gasteiger partial charge in [0.25, 0.3) is 5.69 Å². The highest BCUT2D eigenvalue weighted by Gasteiger charge is 2.25. The number of aromatic nitrogens is 1. The van der Waals surface area contributed by atoms with Crippen molar-refractivity contribution in [1.82, 2.24) is 4.98 Å². The fraction of sp³-hybridized carbons (Fsp3) is 0.231. The summed E-state index contributed by atoms with van der Waals surface area (Å²) in [5, 5.41) is 10.9. The molecule has 0 N–H and O–H groups in total. The number of nitrogens with zero attached hydrogens (tertiary/aromatic N) is 2. The first kappa shape index (κ1) is 12.2. The average molecular weight is 244 g/mol. The number of carbonyl (C=O) groups excluding carboxylic acids is 1. The van der Waals surface area contributed by atoms with Crippen molar-refractivity contribution in [3.63, 3.8) is 0 Å². The Hall–Kier alpha value is -2.30. The van der Waals surface area contributed by atoms with E-state index in [4.69, 9.17) is 0 Å². The number of allylic oxidation sites excluding steroid dienone is 3. The van der Waals surface area contributed by atoms with Crippen LogP contribution in [0.15, 0.2) is 36.7 Å². The third-order valence-corrected chi connectivity index (χ3v) is 3.09. The second kappa shape index (κ2) is 4.52. The molecule has 0 spiro atoms. The minimum Gasteiger partial charge on any atom is -0.290 e. The van der Waals surface area contributed by atoms with Gasteiger partial charge in [0.2, 0.25) is 0 Å². The summed E-state index contributed by atoms with van der Waals surface area (Å²) < 4.78 is 0. The van der Waals surface area contributed by atoms with Gasteiger partial charge >= 0.3 is 0 Å². The Morgan fingerprint density at radius 2 is 2.28 bits per heavy atom. The van der Waals surface area contributed by atoms with Crippen LogP contribution in [-0.4, -0.2) is 15.7 Å². The lowest BCUT2D eigenvalue weighted by molar-refractivity contribution is -0.385. The molecule has 0 saturated carbocycles. The molecule has 18 heavy (non-hydrogen) atoms. The zero-order valence-corrected chi connectivity index (χ0v) is 9.92. The summed E-state index contributed by atoms with van der Waals surface area (Å²) in [7, 11) is 0. The number of rotatable bonds is 2. The molecule has 1 aromatic heterocycles. The Morgan fingerprint density at radius 1 is 1.56 bits per heavy atom. The number of hydrogen-bond donors (Lipinski definition) is 0. The molecule has 2 rings (SSSR count). The van der Waals surface area contributed by atoms with Gasteiger partial charge in [0.05, 0.1) is 10.5 Å². The summed E-state index contributed by atoms with van der Waals surface area (Å²) in [6, 6.07) is 1.57. The van der Waals surface area contributed by atoms with E-state index in [2.05, 4.69) is 11.6 Å². The first-order valence-electron chi connectivity index (χ1n) is 5.53. The van der Waals surface area contributed by atoms with Crippen LogP contribution in [0.2, 0.25) is 0 Å². The van der Waals surface area contributed by atoms with Crippen LogP contribution in [0.3, 0.4) is 0 Å². The van der Waals surface area contributed by atoms with Gasteiger partial charge in [-0.05, 0) is 35.6 Å². The highest BCUT2D eigenvalue weighted by atomic mass is 16.6. The molecule has 5 heteroatoms. The average Bonchev–Trinajstić information content (AvgIpc) is 2.35. The van der Waals surface area contributed by atoms with Gasteiger partial charge in [-0.3, -0.25) is 19.9 Å². The standard InChI is InChI=1S/C13H12N2O3/c1-8-5-10(6-13(16)9(8)2)11-3-4-14-7-12(11)15(17)18/h3-4,6-8H,2,5H2,1H3. The second-order valence-electron chi connectivity index (χ2n) is 4.31. The van der Waals surface area contributed by atoms with Gasteiger partial charge in [0, 0.05) is 6.20 Å². The number of nitro groups is 1. The van der Waals surface area contributed by atoms with Gasteiger partial charge < -0.3 is 0 Å². The third-order valence-electron chi connectivity index (χ3n) is 3.09. The van der Waals surface area contributed by atoms with Crippen LogP contribution >= 0.6 is 0 Å². The van der Waals surface area contributed by atoms with Gasteiger partial charge in [-0.25, -0.2) is 0 Å². The molecule has 0 amide bonds. The number of carbonyl (C=O) groups is 1. The summed E-state index contributed by atoms with van der Waals surface area (Å²) >= 11 is 0. The lowest BCUT2D eigenvalue weighted by atomic mass is 9.83. The molecule has 1 heterocycles. The van der Waals surface area contributed by atoms with Crippen molar-refractivity contribution in [1.29, 1.82) is 0 Å². The molecule has 0 radical (unpaired) electrons. The maximum absolute atomic E-state index is 11.7. The maximum atomic E-state index is 11.7. The van der Waals surface area contributed by atoms with Gasteiger partial charge in [-0.15, -0.1) is 0 Å². The molecular weight excluding hydrogens is 232 g/mol. The molecule has 1 aliphatic rings. The summed E-state index contributed by atoms with van der Waals surface area (Å²) in [4.78, 5) is 25.9. The lowest BCUT2D eigenvalue weighted by Crippen LogP contribution is -2.14. The smallest absolute Gasteiger partial charge is 0.290 e. The summed E-state index contributed by atoms with van der Waals surface area (Å²) in [5.41, 5.74) is 1.61. The predicted molar refractivity (Wildman–Crippen MR) is 66.8 cm³/mol. The van der Waals surface area contributed by atoms with E-state index in [-0.39, 0.29) is 17.4 Å². The maximum Gasteiger partial charge on any atom is 0.294 e. The Balaban J connectivity index is 2.50. The Morgan fingerprint density at radius 3 is 2.89 bits per heavy atom. The van der Waals surface area contributed by atoms with Gasteiger partial charge in [0.15, 0.2) is 5.78 Å². The van der Waals surface area contributed by atoms with Crippen LogP contribution in [0.25, 0.3) is 5.57 Å². The molecule has 1 aromatic rings. The molecular formula is C13H12N2O3. The number of pyridine rings is 1. The van der Waals surface area contributed by atoms with E-state index in [0.29, 0.717) is 23.1 Å². The lowest BCUT2D eigenvalue weighted by Gasteiger charge is -2.20. The third kappa shape index (κ3) is 2.07. The fourth-order valence-electron chi connectivity index (χ4n) is 2.00. The topological polar surface area (TPSA) is 73.1 Å². The van der Waals surface area contributed by atoms with Gasteiger partial charge in [-0.2, -0.15) is 0 Å². The first-order chi connectivity index (χ1) is 8.50. The van der Waals surface area contributed by atoms with E-state index < -0.39 is 4.92 Å². The van der Waals surface area contributed by atoms with E-state index in [0.717, 1.165) is 0 Å². The number of ketones is 1. The van der Waals surface area contributed by atoms with Crippen LogP contribution in [0, 0.1) is 16.0 Å². The normalized spacial score (nSPS) is 19.6. The van der Waals surface area contributed by atoms with E-state index in [1.54, 1.807) is 6.07 Å². The Labute approximate surface area is 104 Å². The summed E-state index contributed by atoms with van der Waals surface area (Å²) in [6.07, 6.45) is 4.70. The minimum absolute atomic E-state index is 0.00488. The summed E-state index contributed by atoms with van der Waals surface area (Å²) in [5.74, 6) is -0.153. The largest absolute Gasteiger partial charge is 0.294 e. The van der Waals surface area contributed by atoms with E-state index in [1.165, 1.54) is 18.5 Å². The quantitative estimate of drug-likeness (QED) is 0.455. The van der Waals surface area contributed by atoms with Crippen molar-refractivity contribution in [3.05, 3.63) is 52.4 Å². The molecule has 1 unspecified atom stereocenters. The number of hydrogen-bond acceptors (Lipinski definition) is 4. The first-order valence-corrected chi connectivity index (χ1v) is 5.53. The molecule has 1 aliphatic carbocycles. The van der Waals surface area contributed by atoms with Crippen molar-refractivity contribution >= 4 is 17.0 Å². The Kier molecular flexibility index (Phi) is 3.06.